The fraction of sp³-hybridized carbons (Fsp3) is 0.529. The van der Waals surface area contributed by atoms with E-state index < -0.39 is 34.9 Å². The summed E-state index contributed by atoms with van der Waals surface area (Å²) in [5.41, 5.74) is -1.22. The highest BCUT2D eigenvalue weighted by molar-refractivity contribution is 5.89. The number of carbonyl (C=O) groups excluding carboxylic acids is 1. The molecule has 25 heavy (non-hydrogen) atoms. The largest absolute Gasteiger partial charge is 0.478 e. The Kier molecular flexibility index (Phi) is 5.49. The van der Waals surface area contributed by atoms with Crippen molar-refractivity contribution < 1.29 is 28.2 Å². The fourth-order valence-corrected chi connectivity index (χ4v) is 2.58. The smallest absolute Gasteiger partial charge is 0.410 e. The second-order valence-corrected chi connectivity index (χ2v) is 7.00. The first-order valence-corrected chi connectivity index (χ1v) is 8.03. The number of piperidine rings is 1. The number of carbonyl (C=O) groups is 2. The third kappa shape index (κ3) is 5.04. The zero-order chi connectivity index (χ0) is 18.8. The number of rotatable bonds is 3. The van der Waals surface area contributed by atoms with Crippen molar-refractivity contribution in [3.05, 3.63) is 29.3 Å². The summed E-state index contributed by atoms with van der Waals surface area (Å²) in [6.45, 7) is 6.23. The standard InChI is InChI=1S/C17H22F2N2O4/c1-17(2,3)25-16(24)21-6-4-10(5-7-21)20-14-8-11(15(22)23)12(18)9-13(14)19/h8-10,20H,4-7H2,1-3H3,(H,22,23). The van der Waals surface area contributed by atoms with Crippen LogP contribution in [0.5, 0.6) is 0 Å². The Morgan fingerprint density at radius 1 is 1.20 bits per heavy atom. The lowest BCUT2D eigenvalue weighted by molar-refractivity contribution is 0.0210. The number of aromatic carboxylic acids is 1. The average molecular weight is 356 g/mol. The number of ether oxygens (including phenoxy) is 1. The van der Waals surface area contributed by atoms with Gasteiger partial charge in [-0.05, 0) is 39.7 Å². The molecule has 0 bridgehead atoms. The van der Waals surface area contributed by atoms with Crippen LogP contribution in [0.4, 0.5) is 19.3 Å². The van der Waals surface area contributed by atoms with Gasteiger partial charge < -0.3 is 20.1 Å². The normalized spacial score (nSPS) is 15.8. The minimum Gasteiger partial charge on any atom is -0.478 e. The maximum atomic E-state index is 13.9. The van der Waals surface area contributed by atoms with Crippen LogP contribution in [0.1, 0.15) is 44.0 Å². The first kappa shape index (κ1) is 19.0. The molecule has 2 N–H and O–H groups in total. The van der Waals surface area contributed by atoms with Crippen LogP contribution in [0, 0.1) is 11.6 Å². The molecule has 1 aliphatic heterocycles. The van der Waals surface area contributed by atoms with Gasteiger partial charge in [-0.2, -0.15) is 0 Å². The van der Waals surface area contributed by atoms with Crippen LogP contribution in [0.25, 0.3) is 0 Å². The molecule has 1 aromatic carbocycles. The lowest BCUT2D eigenvalue weighted by Crippen LogP contribution is -2.44. The predicted octanol–water partition coefficient (Wildman–Crippen LogP) is 3.47. The van der Waals surface area contributed by atoms with E-state index in [1.165, 1.54) is 0 Å². The summed E-state index contributed by atoms with van der Waals surface area (Å²) in [6.07, 6.45) is 0.684. The van der Waals surface area contributed by atoms with Gasteiger partial charge in [-0.25, -0.2) is 18.4 Å². The van der Waals surface area contributed by atoms with Gasteiger partial charge in [-0.15, -0.1) is 0 Å². The molecule has 1 aliphatic rings. The number of nitrogens with one attached hydrogen (secondary N) is 1. The van der Waals surface area contributed by atoms with Crippen molar-refractivity contribution >= 4 is 17.7 Å². The summed E-state index contributed by atoms with van der Waals surface area (Å²) in [6, 6.07) is 1.36. The number of halogens is 2. The molecule has 0 spiro atoms. The minimum atomic E-state index is -1.46. The Labute approximate surface area is 144 Å². The summed E-state index contributed by atoms with van der Waals surface area (Å²) in [7, 11) is 0. The molecule has 1 amide bonds. The lowest BCUT2D eigenvalue weighted by atomic mass is 10.0. The number of benzene rings is 1. The van der Waals surface area contributed by atoms with Crippen LogP contribution in [0.3, 0.4) is 0 Å². The number of hydrogen-bond acceptors (Lipinski definition) is 4. The molecule has 0 atom stereocenters. The number of hydrogen-bond donors (Lipinski definition) is 2. The van der Waals surface area contributed by atoms with E-state index in [-0.39, 0.29) is 11.7 Å². The Balaban J connectivity index is 1.97. The molecule has 1 aromatic rings. The van der Waals surface area contributed by atoms with Gasteiger partial charge in [0.25, 0.3) is 0 Å². The van der Waals surface area contributed by atoms with Crippen LogP contribution in [0.15, 0.2) is 12.1 Å². The number of carboxylic acid groups (broad SMARTS) is 1. The summed E-state index contributed by atoms with van der Waals surface area (Å²) in [5, 5.41) is 11.8. The second-order valence-electron chi connectivity index (χ2n) is 7.00. The molecule has 1 saturated heterocycles. The number of likely N-dealkylation sites (tertiary alicyclic amines) is 1. The van der Waals surface area contributed by atoms with Crippen LogP contribution < -0.4 is 5.32 Å². The Hall–Kier alpha value is -2.38. The first-order valence-electron chi connectivity index (χ1n) is 8.03. The van der Waals surface area contributed by atoms with Crippen molar-refractivity contribution in [3.8, 4) is 0 Å². The molecule has 0 saturated carbocycles. The first-order chi connectivity index (χ1) is 11.6. The van der Waals surface area contributed by atoms with Gasteiger partial charge in [0, 0.05) is 25.2 Å². The second kappa shape index (κ2) is 7.25. The number of nitrogens with zero attached hydrogens (tertiary/aromatic N) is 1. The summed E-state index contributed by atoms with van der Waals surface area (Å²) < 4.78 is 32.6. The van der Waals surface area contributed by atoms with E-state index in [2.05, 4.69) is 5.32 Å². The van der Waals surface area contributed by atoms with E-state index in [4.69, 9.17) is 9.84 Å². The molecule has 0 aromatic heterocycles. The molecule has 6 nitrogen and oxygen atoms in total. The van der Waals surface area contributed by atoms with Gasteiger partial charge in [0.2, 0.25) is 0 Å². The molecule has 2 rings (SSSR count). The van der Waals surface area contributed by atoms with Gasteiger partial charge in [0.15, 0.2) is 0 Å². The maximum absolute atomic E-state index is 13.9. The summed E-state index contributed by atoms with van der Waals surface area (Å²) in [5.74, 6) is -3.42. The van der Waals surface area contributed by atoms with E-state index in [0.29, 0.717) is 32.0 Å². The Morgan fingerprint density at radius 3 is 2.32 bits per heavy atom. The molecular formula is C17H22F2N2O4. The molecule has 1 fully saturated rings. The van der Waals surface area contributed by atoms with Gasteiger partial charge in [-0.1, -0.05) is 0 Å². The molecular weight excluding hydrogens is 334 g/mol. The third-order valence-electron chi connectivity index (χ3n) is 3.79. The highest BCUT2D eigenvalue weighted by Gasteiger charge is 2.27. The van der Waals surface area contributed by atoms with Crippen LogP contribution in [-0.2, 0) is 4.74 Å². The van der Waals surface area contributed by atoms with Crippen LogP contribution >= 0.6 is 0 Å². The van der Waals surface area contributed by atoms with Crippen molar-refractivity contribution in [2.75, 3.05) is 18.4 Å². The lowest BCUT2D eigenvalue weighted by Gasteiger charge is -2.34. The fourth-order valence-electron chi connectivity index (χ4n) is 2.58. The van der Waals surface area contributed by atoms with Gasteiger partial charge >= 0.3 is 12.1 Å². The molecule has 138 valence electrons. The van der Waals surface area contributed by atoms with E-state index in [0.717, 1.165) is 6.07 Å². The van der Waals surface area contributed by atoms with Gasteiger partial charge in [0.05, 0.1) is 11.3 Å². The zero-order valence-electron chi connectivity index (χ0n) is 14.4. The predicted molar refractivity (Wildman–Crippen MR) is 87.8 cm³/mol. The van der Waals surface area contributed by atoms with Crippen molar-refractivity contribution in [1.82, 2.24) is 4.90 Å². The number of anilines is 1. The Morgan fingerprint density at radius 2 is 1.80 bits per heavy atom. The van der Waals surface area contributed by atoms with Crippen molar-refractivity contribution in [3.63, 3.8) is 0 Å². The summed E-state index contributed by atoms with van der Waals surface area (Å²) >= 11 is 0. The highest BCUT2D eigenvalue weighted by Crippen LogP contribution is 2.23. The van der Waals surface area contributed by atoms with E-state index >= 15 is 0 Å². The van der Waals surface area contributed by atoms with Crippen molar-refractivity contribution in [1.29, 1.82) is 0 Å². The molecule has 0 aliphatic carbocycles. The van der Waals surface area contributed by atoms with Crippen molar-refractivity contribution in [2.24, 2.45) is 0 Å². The quantitative estimate of drug-likeness (QED) is 0.867. The van der Waals surface area contributed by atoms with Crippen LogP contribution in [-0.4, -0.2) is 46.8 Å². The minimum absolute atomic E-state index is 0.0606. The monoisotopic (exact) mass is 356 g/mol. The average Bonchev–Trinajstić information content (AvgIpc) is 2.48. The molecule has 0 unspecified atom stereocenters. The third-order valence-corrected chi connectivity index (χ3v) is 3.79. The highest BCUT2D eigenvalue weighted by atomic mass is 19.1. The van der Waals surface area contributed by atoms with Crippen molar-refractivity contribution in [2.45, 2.75) is 45.3 Å². The SMILES string of the molecule is CC(C)(C)OC(=O)N1CCC(Nc2cc(C(=O)O)c(F)cc2F)CC1. The number of amides is 1. The number of carboxylic acids is 1. The Bertz CT molecular complexity index is 665. The van der Waals surface area contributed by atoms with Gasteiger partial charge in [-0.3, -0.25) is 0 Å². The van der Waals surface area contributed by atoms with E-state index in [1.807, 2.05) is 0 Å². The molecule has 1 heterocycles. The van der Waals surface area contributed by atoms with Crippen LogP contribution in [0.2, 0.25) is 0 Å². The topological polar surface area (TPSA) is 78.9 Å². The summed E-state index contributed by atoms with van der Waals surface area (Å²) in [4.78, 5) is 24.5. The molecule has 0 radical (unpaired) electrons. The zero-order valence-corrected chi connectivity index (χ0v) is 14.4. The molecule has 8 heteroatoms. The van der Waals surface area contributed by atoms with E-state index in [9.17, 15) is 18.4 Å². The van der Waals surface area contributed by atoms with E-state index in [1.54, 1.807) is 25.7 Å². The van der Waals surface area contributed by atoms with Gasteiger partial charge in [0.1, 0.15) is 17.2 Å². The maximum Gasteiger partial charge on any atom is 0.410 e.